The molecule has 2 aliphatic rings. The van der Waals surface area contributed by atoms with Gasteiger partial charge in [0.05, 0.1) is 12.6 Å². The predicted molar refractivity (Wildman–Crippen MR) is 79.2 cm³/mol. The summed E-state index contributed by atoms with van der Waals surface area (Å²) < 4.78 is 5.71. The van der Waals surface area contributed by atoms with Crippen molar-refractivity contribution in [1.82, 2.24) is 4.90 Å². The van der Waals surface area contributed by atoms with Gasteiger partial charge in [0, 0.05) is 24.5 Å². The minimum Gasteiger partial charge on any atom is -0.377 e. The summed E-state index contributed by atoms with van der Waals surface area (Å²) in [6, 6.07) is 0. The van der Waals surface area contributed by atoms with Gasteiger partial charge in [0.25, 0.3) is 0 Å². The second kappa shape index (κ2) is 5.25. The zero-order valence-corrected chi connectivity index (χ0v) is 13.4. The molecule has 1 aliphatic heterocycles. The lowest BCUT2D eigenvalue weighted by atomic mass is 9.47. The highest BCUT2D eigenvalue weighted by Gasteiger charge is 2.71. The van der Waals surface area contributed by atoms with Gasteiger partial charge in [0.15, 0.2) is 0 Å². The number of carbonyl (C=O) groups is 2. The monoisotopic (exact) mass is 297 g/mol. The van der Waals surface area contributed by atoms with Crippen molar-refractivity contribution < 1.29 is 14.3 Å². The van der Waals surface area contributed by atoms with E-state index in [1.807, 2.05) is 27.7 Å². The summed E-state index contributed by atoms with van der Waals surface area (Å²) in [5.74, 6) is -0.408. The molecule has 6 heteroatoms. The smallest absolute Gasteiger partial charge is 0.244 e. The quantitative estimate of drug-likeness (QED) is 0.751. The molecule has 120 valence electrons. The average Bonchev–Trinajstić information content (AvgIpc) is 2.83. The van der Waals surface area contributed by atoms with E-state index in [1.54, 1.807) is 0 Å². The molecule has 4 N–H and O–H groups in total. The summed E-state index contributed by atoms with van der Waals surface area (Å²) in [6.07, 6.45) is 0.823. The molecule has 3 unspecified atom stereocenters. The van der Waals surface area contributed by atoms with Crippen LogP contribution in [0.3, 0.4) is 0 Å². The average molecular weight is 297 g/mol. The molecule has 0 bridgehead atoms. The molecule has 21 heavy (non-hydrogen) atoms. The SMILES string of the molecule is CC(C)CN(CC(N)=O)C(=O)C1(N)C2CCOC2C1(C)C. The van der Waals surface area contributed by atoms with Crippen LogP contribution >= 0.6 is 0 Å². The Morgan fingerprint density at radius 2 is 2.00 bits per heavy atom. The van der Waals surface area contributed by atoms with Gasteiger partial charge in [-0.05, 0) is 12.3 Å². The Morgan fingerprint density at radius 1 is 1.38 bits per heavy atom. The molecule has 0 aromatic rings. The van der Waals surface area contributed by atoms with E-state index in [4.69, 9.17) is 16.2 Å². The van der Waals surface area contributed by atoms with Crippen LogP contribution in [-0.4, -0.2) is 48.1 Å². The summed E-state index contributed by atoms with van der Waals surface area (Å²) >= 11 is 0. The molecule has 0 aromatic heterocycles. The van der Waals surface area contributed by atoms with Crippen molar-refractivity contribution in [2.45, 2.75) is 45.8 Å². The second-order valence-electron chi connectivity index (χ2n) is 7.32. The zero-order chi connectivity index (χ0) is 16.0. The van der Waals surface area contributed by atoms with E-state index in [-0.39, 0.29) is 30.4 Å². The van der Waals surface area contributed by atoms with Crippen molar-refractivity contribution in [2.75, 3.05) is 19.7 Å². The van der Waals surface area contributed by atoms with Gasteiger partial charge >= 0.3 is 0 Å². The molecular formula is C15H27N3O3. The van der Waals surface area contributed by atoms with E-state index >= 15 is 0 Å². The molecule has 1 saturated heterocycles. The van der Waals surface area contributed by atoms with Crippen LogP contribution < -0.4 is 11.5 Å². The number of carbonyl (C=O) groups excluding carboxylic acids is 2. The predicted octanol–water partition coefficient (Wildman–Crippen LogP) is 0.0987. The van der Waals surface area contributed by atoms with E-state index in [2.05, 4.69) is 0 Å². The molecule has 1 aliphatic carbocycles. The van der Waals surface area contributed by atoms with Gasteiger partial charge in [-0.3, -0.25) is 9.59 Å². The summed E-state index contributed by atoms with van der Waals surface area (Å²) in [6.45, 7) is 8.98. The summed E-state index contributed by atoms with van der Waals surface area (Å²) in [7, 11) is 0. The Balaban J connectivity index is 2.24. The minimum absolute atomic E-state index is 0.0286. The molecular weight excluding hydrogens is 270 g/mol. The fraction of sp³-hybridized carbons (Fsp3) is 0.867. The molecule has 3 atom stereocenters. The van der Waals surface area contributed by atoms with Crippen LogP contribution in [0.4, 0.5) is 0 Å². The summed E-state index contributed by atoms with van der Waals surface area (Å²) in [5.41, 5.74) is 10.4. The lowest BCUT2D eigenvalue weighted by molar-refractivity contribution is -0.185. The Bertz CT molecular complexity index is 449. The highest BCUT2D eigenvalue weighted by Crippen LogP contribution is 2.58. The first kappa shape index (κ1) is 16.2. The fourth-order valence-electron chi connectivity index (χ4n) is 3.93. The van der Waals surface area contributed by atoms with Crippen LogP contribution in [0, 0.1) is 17.3 Å². The van der Waals surface area contributed by atoms with Gasteiger partial charge in [-0.2, -0.15) is 0 Å². The lowest BCUT2D eigenvalue weighted by Gasteiger charge is -2.61. The topological polar surface area (TPSA) is 98.7 Å². The maximum Gasteiger partial charge on any atom is 0.244 e. The van der Waals surface area contributed by atoms with Crippen LogP contribution in [0.5, 0.6) is 0 Å². The van der Waals surface area contributed by atoms with Crippen molar-refractivity contribution in [3.05, 3.63) is 0 Å². The molecule has 0 spiro atoms. The van der Waals surface area contributed by atoms with Gasteiger partial charge in [0.1, 0.15) is 5.54 Å². The first-order valence-electron chi connectivity index (χ1n) is 7.60. The maximum atomic E-state index is 13.0. The van der Waals surface area contributed by atoms with Crippen LogP contribution in [0.1, 0.15) is 34.1 Å². The molecule has 2 rings (SSSR count). The number of primary amides is 1. The number of fused-ring (bicyclic) bond motifs is 1. The third kappa shape index (κ3) is 2.34. The highest BCUT2D eigenvalue weighted by atomic mass is 16.5. The Morgan fingerprint density at radius 3 is 2.52 bits per heavy atom. The Labute approximate surface area is 126 Å². The first-order valence-corrected chi connectivity index (χ1v) is 7.60. The van der Waals surface area contributed by atoms with E-state index in [0.717, 1.165) is 6.42 Å². The number of amides is 2. The van der Waals surface area contributed by atoms with Crippen molar-refractivity contribution in [3.8, 4) is 0 Å². The molecule has 0 aromatic carbocycles. The molecule has 1 heterocycles. The Hall–Kier alpha value is -1.14. The second-order valence-corrected chi connectivity index (χ2v) is 7.32. The number of nitrogens with zero attached hydrogens (tertiary/aromatic N) is 1. The molecule has 2 fully saturated rings. The summed E-state index contributed by atoms with van der Waals surface area (Å²) in [4.78, 5) is 25.8. The van der Waals surface area contributed by atoms with E-state index in [9.17, 15) is 9.59 Å². The fourth-order valence-corrected chi connectivity index (χ4v) is 3.93. The van der Waals surface area contributed by atoms with E-state index < -0.39 is 16.9 Å². The van der Waals surface area contributed by atoms with Crippen molar-refractivity contribution >= 4 is 11.8 Å². The number of rotatable bonds is 5. The number of ether oxygens (including phenoxy) is 1. The minimum atomic E-state index is -0.974. The van der Waals surface area contributed by atoms with Gasteiger partial charge in [-0.1, -0.05) is 27.7 Å². The van der Waals surface area contributed by atoms with Gasteiger partial charge < -0.3 is 21.1 Å². The third-order valence-electron chi connectivity index (χ3n) is 5.03. The van der Waals surface area contributed by atoms with Crippen molar-refractivity contribution in [3.63, 3.8) is 0 Å². The van der Waals surface area contributed by atoms with Gasteiger partial charge in [0.2, 0.25) is 11.8 Å². The van der Waals surface area contributed by atoms with Gasteiger partial charge in [-0.25, -0.2) is 0 Å². The Kier molecular flexibility index (Phi) is 4.06. The first-order chi connectivity index (χ1) is 9.62. The number of hydrogen-bond acceptors (Lipinski definition) is 4. The molecule has 1 saturated carbocycles. The molecule has 6 nitrogen and oxygen atoms in total. The third-order valence-corrected chi connectivity index (χ3v) is 5.03. The molecule has 0 radical (unpaired) electrons. The largest absolute Gasteiger partial charge is 0.377 e. The lowest BCUT2D eigenvalue weighted by Crippen LogP contribution is -2.80. The van der Waals surface area contributed by atoms with Crippen LogP contribution in [-0.2, 0) is 14.3 Å². The van der Waals surface area contributed by atoms with Crippen molar-refractivity contribution in [2.24, 2.45) is 28.7 Å². The van der Waals surface area contributed by atoms with Crippen LogP contribution in [0.2, 0.25) is 0 Å². The molecule has 2 amide bonds. The van der Waals surface area contributed by atoms with E-state index in [0.29, 0.717) is 13.2 Å². The number of nitrogens with two attached hydrogens (primary N) is 2. The van der Waals surface area contributed by atoms with Crippen LogP contribution in [0.15, 0.2) is 0 Å². The summed E-state index contributed by atoms with van der Waals surface area (Å²) in [5, 5.41) is 0. The normalized spacial score (nSPS) is 33.4. The zero-order valence-electron chi connectivity index (χ0n) is 13.4. The van der Waals surface area contributed by atoms with Crippen molar-refractivity contribution in [1.29, 1.82) is 0 Å². The number of hydrogen-bond donors (Lipinski definition) is 2. The van der Waals surface area contributed by atoms with Gasteiger partial charge in [-0.15, -0.1) is 0 Å². The van der Waals surface area contributed by atoms with Crippen LogP contribution in [0.25, 0.3) is 0 Å². The maximum absolute atomic E-state index is 13.0. The van der Waals surface area contributed by atoms with E-state index in [1.165, 1.54) is 4.90 Å². The highest BCUT2D eigenvalue weighted by molar-refractivity contribution is 5.92. The standard InChI is InChI=1S/C15H27N3O3/c1-9(2)7-18(8-11(16)19)13(20)15(17)10-5-6-21-12(10)14(15,3)4/h9-10,12H,5-8,17H2,1-4H3,(H2,16,19).